The number of aromatic nitrogens is 1. The Morgan fingerprint density at radius 2 is 1.32 bits per heavy atom. The average molecular weight is 1420 g/mol. The average Bonchev–Trinajstić information content (AvgIpc) is 1.54. The normalized spacial score (nSPS) is 27.6. The molecule has 0 saturated carbocycles. The van der Waals surface area contributed by atoms with Crippen molar-refractivity contribution in [3.63, 3.8) is 0 Å². The predicted octanol–water partition coefficient (Wildman–Crippen LogP) is 1.29. The monoisotopic (exact) mass is 1420 g/mol. The molecule has 35 nitrogen and oxygen atoms in total. The first-order chi connectivity index (χ1) is 46.1. The van der Waals surface area contributed by atoms with E-state index in [0.717, 1.165) is 12.1 Å². The molecule has 0 aliphatic carbocycles. The van der Waals surface area contributed by atoms with Gasteiger partial charge in [-0.2, -0.15) is 0 Å². The summed E-state index contributed by atoms with van der Waals surface area (Å²) in [7, 11) is -2.60. The molecule has 3 unspecified atom stereocenters. The fourth-order valence-corrected chi connectivity index (χ4v) is 12.5. The molecular weight excluding hydrogens is 1350 g/mol. The van der Waals surface area contributed by atoms with Crippen LogP contribution in [0.4, 0.5) is 5.69 Å². The number of carboxylic acids is 3. The number of aliphatic hydroxyl groups is 8. The Kier molecular flexibility index (Phi) is 22.4. The van der Waals surface area contributed by atoms with Crippen molar-refractivity contribution in [2.24, 2.45) is 21.1 Å². The molecule has 16 atom stereocenters. The zero-order chi connectivity index (χ0) is 71.8. The van der Waals surface area contributed by atoms with E-state index in [4.69, 9.17) is 63.5 Å². The van der Waals surface area contributed by atoms with Crippen molar-refractivity contribution in [2.45, 2.75) is 133 Å². The van der Waals surface area contributed by atoms with Crippen LogP contribution in [0.2, 0.25) is 0 Å². The van der Waals surface area contributed by atoms with E-state index >= 15 is 0 Å². The van der Waals surface area contributed by atoms with Crippen LogP contribution in [0.15, 0.2) is 77.0 Å². The number of nitrogens with one attached hydrogen (secondary N) is 1. The van der Waals surface area contributed by atoms with Gasteiger partial charge in [0.15, 0.2) is 41.9 Å². The van der Waals surface area contributed by atoms with Crippen LogP contribution in [-0.2, 0) is 53.3 Å². The minimum absolute atomic E-state index is 0.00339. The number of anilines is 1. The van der Waals surface area contributed by atoms with Gasteiger partial charge in [-0.3, -0.25) is 9.59 Å². The molecule has 37 heteroatoms. The Morgan fingerprint density at radius 3 is 1.95 bits per heavy atom. The molecular formula is C61H72ClN7O28S. The SMILES string of the molecule is COc1ccc2c(OS(=O)(=O)Oc3cc(C(=O)N(C)CC(C)(C)COCC(C)(C)CN=[N+]=[N-])ccc3O[C@@H]3O[C@H](C(=O)O)[C@@H](O)[C@H](O)[C@H]3O)cc3c(c2c1)[C@H](CCl)CN3C(=O)c1cc2cc(/C(C)=N/O[C@@H]3OC(C(=O)O)[C@@H](O)[C@H](OC4OC(C(=O)O)[C@@H](O)[C@H](O)[C@H]4O)[C@H]3O)ccc2[nH]1. The number of rotatable bonds is 26. The van der Waals surface area contributed by atoms with Crippen LogP contribution in [0.3, 0.4) is 0 Å². The number of H-pyrrole nitrogens is 1. The van der Waals surface area contributed by atoms with Gasteiger partial charge in [-0.15, -0.1) is 20.0 Å². The maximum absolute atomic E-state index is 14.9. The fourth-order valence-electron chi connectivity index (χ4n) is 11.5. The highest BCUT2D eigenvalue weighted by molar-refractivity contribution is 7.82. The van der Waals surface area contributed by atoms with Crippen molar-refractivity contribution < 1.29 is 135 Å². The Labute approximate surface area is 561 Å². The van der Waals surface area contributed by atoms with Gasteiger partial charge in [-0.05, 0) is 89.0 Å². The number of hydrogen-bond donors (Lipinski definition) is 12. The standard InChI is InChI=1S/C61H72ClN7O28S/c1-25(66-95-59-47(77)48(46(76)51(94-59)56(84)85)91-58-45(75)41(71)43(73)50(93-58)55(82)83)26-8-12-33-28(14-26)15-34(65-33)53(79)69-20-29(19-62)39-32-17-30(88-7)10-11-31(32)37(18-35(39)69)96-98(86,87)97-38-16-27(9-13-36(38)90-57-44(74)40(70)42(72)49(92-57)54(80)81)52(78)68(6)22-61(4,5)24-89-23-60(2,3)21-64-67-63/h8-18,29,40-51,57-59,65,70-77H,19-24H2,1-7H3,(H,80,81)(H,82,83)(H,84,85)/b66-25+/t29-,40+,41+,42+,43+,44-,45-,46+,47-,48+,49+,50?,51?,57-,58?,59+/m1/s1. The number of aromatic amines is 1. The summed E-state index contributed by atoms with van der Waals surface area (Å²) in [5.74, 6) is -8.84. The Bertz CT molecular complexity index is 4040. The third-order valence-electron chi connectivity index (χ3n) is 16.5. The number of hydrogen-bond acceptors (Lipinski definition) is 27. The summed E-state index contributed by atoms with van der Waals surface area (Å²) < 4.78 is 78.9. The topological polar surface area (TPSA) is 518 Å². The minimum atomic E-state index is -5.45. The number of halogens is 1. The van der Waals surface area contributed by atoms with E-state index in [1.54, 1.807) is 24.3 Å². The van der Waals surface area contributed by atoms with Crippen molar-refractivity contribution in [3.05, 3.63) is 99.6 Å². The van der Waals surface area contributed by atoms with Gasteiger partial charge in [0.2, 0.25) is 6.29 Å². The molecule has 4 aliphatic rings. The van der Waals surface area contributed by atoms with Crippen LogP contribution in [-0.4, -0.2) is 255 Å². The van der Waals surface area contributed by atoms with Gasteiger partial charge in [0.25, 0.3) is 18.1 Å². The molecule has 3 fully saturated rings. The van der Waals surface area contributed by atoms with Gasteiger partial charge in [0.1, 0.15) is 66.4 Å². The highest BCUT2D eigenvalue weighted by atomic mass is 35.5. The number of aliphatic carboxylic acids is 3. The highest BCUT2D eigenvalue weighted by Gasteiger charge is 2.55. The van der Waals surface area contributed by atoms with E-state index in [0.29, 0.717) is 33.2 Å². The van der Waals surface area contributed by atoms with Gasteiger partial charge < -0.3 is 117 Å². The number of azide groups is 1. The molecule has 12 N–H and O–H groups in total. The lowest BCUT2D eigenvalue weighted by molar-refractivity contribution is -0.352. The molecule has 3 saturated heterocycles. The Morgan fingerprint density at radius 1 is 0.714 bits per heavy atom. The zero-order valence-corrected chi connectivity index (χ0v) is 54.7. The van der Waals surface area contributed by atoms with Crippen LogP contribution in [0.5, 0.6) is 23.0 Å². The number of methoxy groups -OCH3 is 1. The van der Waals surface area contributed by atoms with E-state index in [1.165, 1.54) is 61.2 Å². The number of aliphatic hydroxyl groups excluding tert-OH is 8. The maximum atomic E-state index is 14.9. The molecule has 532 valence electrons. The molecule has 5 aromatic rings. The Hall–Kier alpha value is -8.27. The molecule has 4 aliphatic heterocycles. The summed E-state index contributed by atoms with van der Waals surface area (Å²) in [6.45, 7) is 9.31. The summed E-state index contributed by atoms with van der Waals surface area (Å²) >= 11 is 6.63. The van der Waals surface area contributed by atoms with Gasteiger partial charge in [0.05, 0.1) is 31.7 Å². The van der Waals surface area contributed by atoms with Gasteiger partial charge in [-0.1, -0.05) is 44.0 Å². The number of oxime groups is 1. The second-order valence-electron chi connectivity index (χ2n) is 25.3. The van der Waals surface area contributed by atoms with E-state index in [1.807, 2.05) is 27.7 Å². The van der Waals surface area contributed by atoms with Crippen LogP contribution >= 0.6 is 11.6 Å². The first kappa shape index (κ1) is 74.0. The van der Waals surface area contributed by atoms with Crippen molar-refractivity contribution in [1.82, 2.24) is 9.88 Å². The lowest BCUT2D eigenvalue weighted by Crippen LogP contribution is -2.65. The van der Waals surface area contributed by atoms with E-state index in [2.05, 4.69) is 20.2 Å². The number of carboxylic acid groups (broad SMARTS) is 3. The van der Waals surface area contributed by atoms with Crippen molar-refractivity contribution in [2.75, 3.05) is 57.8 Å². The van der Waals surface area contributed by atoms with Gasteiger partial charge in [0, 0.05) is 76.7 Å². The number of alkyl halides is 1. The molecule has 98 heavy (non-hydrogen) atoms. The number of carbonyl (C=O) groups is 5. The van der Waals surface area contributed by atoms with Crippen LogP contribution in [0, 0.1) is 10.8 Å². The predicted molar refractivity (Wildman–Crippen MR) is 336 cm³/mol. The van der Waals surface area contributed by atoms with Crippen molar-refractivity contribution in [3.8, 4) is 23.0 Å². The summed E-state index contributed by atoms with van der Waals surface area (Å²) in [6, 6.07) is 15.2. The van der Waals surface area contributed by atoms with Gasteiger partial charge in [-0.25, -0.2) is 14.4 Å². The van der Waals surface area contributed by atoms with Crippen LogP contribution < -0.4 is 22.7 Å². The second kappa shape index (κ2) is 29.7. The van der Waals surface area contributed by atoms with E-state index in [-0.39, 0.29) is 66.8 Å². The molecule has 5 heterocycles. The number of benzene rings is 4. The largest absolute Gasteiger partial charge is 0.501 e. The second-order valence-corrected chi connectivity index (χ2v) is 26.8. The lowest BCUT2D eigenvalue weighted by atomic mass is 9.92. The molecule has 4 aromatic carbocycles. The van der Waals surface area contributed by atoms with Crippen LogP contribution in [0.1, 0.15) is 72.5 Å². The fraction of sp³-hybridized carbons (Fsp3) is 0.508. The lowest BCUT2D eigenvalue weighted by Gasteiger charge is -2.44. The molecule has 1 aromatic heterocycles. The molecule has 0 radical (unpaired) electrons. The van der Waals surface area contributed by atoms with E-state index in [9.17, 15) is 88.6 Å². The third kappa shape index (κ3) is 15.9. The summed E-state index contributed by atoms with van der Waals surface area (Å²) in [4.78, 5) is 79.1. The quantitative estimate of drug-likeness (QED) is 0.00926. The number of carbonyl (C=O) groups excluding carboxylic acids is 2. The minimum Gasteiger partial charge on any atom is -0.497 e. The number of nitrogens with zero attached hydrogens (tertiary/aromatic N) is 6. The van der Waals surface area contributed by atoms with E-state index < -0.39 is 166 Å². The first-order valence-corrected chi connectivity index (χ1v) is 31.8. The molecule has 0 bridgehead atoms. The molecule has 2 amide bonds. The van der Waals surface area contributed by atoms with Crippen molar-refractivity contribution in [1.29, 1.82) is 0 Å². The zero-order valence-electron chi connectivity index (χ0n) is 53.2. The Balaban J connectivity index is 0.986. The molecule has 0 spiro atoms. The summed E-state index contributed by atoms with van der Waals surface area (Å²) in [6.07, 6.45) is -32.1. The summed E-state index contributed by atoms with van der Waals surface area (Å²) in [5.41, 5.74) is 8.78. The number of ether oxygens (including phenoxy) is 7. The first-order valence-electron chi connectivity index (χ1n) is 30.0. The highest BCUT2D eigenvalue weighted by Crippen LogP contribution is 2.48. The number of amides is 2. The maximum Gasteiger partial charge on any atom is 0.501 e. The van der Waals surface area contributed by atoms with Gasteiger partial charge >= 0.3 is 28.3 Å². The van der Waals surface area contributed by atoms with Crippen molar-refractivity contribution >= 4 is 84.8 Å². The summed E-state index contributed by atoms with van der Waals surface area (Å²) in [5, 5.41) is 123. The van der Waals surface area contributed by atoms with Crippen LogP contribution in [0.25, 0.3) is 32.1 Å². The molecule has 9 rings (SSSR count). The smallest absolute Gasteiger partial charge is 0.497 e. The third-order valence-corrected chi connectivity index (χ3v) is 17.6. The number of fused-ring (bicyclic) bond motifs is 4.